The molecule has 0 saturated carbocycles. The van der Waals surface area contributed by atoms with Crippen molar-refractivity contribution in [2.45, 2.75) is 6.54 Å². The average molecular weight is 205 g/mol. The van der Waals surface area contributed by atoms with Crippen LogP contribution in [0.4, 0.5) is 0 Å². The van der Waals surface area contributed by atoms with Gasteiger partial charge in [0.1, 0.15) is 0 Å². The molecule has 2 aromatic rings. The molecule has 0 atom stereocenters. The topological polar surface area (TPSA) is 89.7 Å². The fraction of sp³-hybridized carbons (Fsp3) is 0.222. The second-order valence-corrected chi connectivity index (χ2v) is 2.94. The first-order valence-corrected chi connectivity index (χ1v) is 4.44. The number of nitrogens with zero attached hydrogens (tertiary/aromatic N) is 3. The van der Waals surface area contributed by atoms with Crippen LogP contribution in [0.15, 0.2) is 18.5 Å². The van der Waals surface area contributed by atoms with Gasteiger partial charge >= 0.3 is 6.01 Å². The first-order chi connectivity index (χ1) is 7.33. The summed E-state index contributed by atoms with van der Waals surface area (Å²) in [4.78, 5) is 7.98. The Labute approximate surface area is 86.5 Å². The molecule has 0 fully saturated rings. The van der Waals surface area contributed by atoms with Crippen LogP contribution in [0.2, 0.25) is 0 Å². The lowest BCUT2D eigenvalue weighted by Gasteiger charge is -1.97. The number of ether oxygens (including phenoxy) is 1. The first kappa shape index (κ1) is 9.60. The van der Waals surface area contributed by atoms with Gasteiger partial charge < -0.3 is 10.5 Å². The molecular formula is C9H11N5O. The number of methoxy groups -OCH3 is 1. The fourth-order valence-corrected chi connectivity index (χ4v) is 1.17. The van der Waals surface area contributed by atoms with Gasteiger partial charge in [0, 0.05) is 30.2 Å². The van der Waals surface area contributed by atoms with E-state index in [1.165, 1.54) is 7.11 Å². The highest BCUT2D eigenvalue weighted by Crippen LogP contribution is 2.16. The van der Waals surface area contributed by atoms with Crippen molar-refractivity contribution in [3.63, 3.8) is 0 Å². The van der Waals surface area contributed by atoms with Gasteiger partial charge in [-0.25, -0.2) is 9.97 Å². The van der Waals surface area contributed by atoms with E-state index in [9.17, 15) is 0 Å². The standard InChI is InChI=1S/C9H11N5O/c1-15-9-11-4-6(5-12-9)8-2-7(3-10)13-14-8/h2,4-5H,3,10H2,1H3,(H,13,14). The largest absolute Gasteiger partial charge is 0.467 e. The maximum absolute atomic E-state index is 5.46. The molecule has 0 aliphatic carbocycles. The van der Waals surface area contributed by atoms with Gasteiger partial charge in [-0.3, -0.25) is 5.10 Å². The van der Waals surface area contributed by atoms with E-state index in [0.717, 1.165) is 17.0 Å². The third kappa shape index (κ3) is 1.94. The molecule has 2 rings (SSSR count). The SMILES string of the molecule is COc1ncc(-c2cc(CN)[nH]n2)cn1. The Hall–Kier alpha value is -1.95. The molecule has 0 amide bonds. The summed E-state index contributed by atoms with van der Waals surface area (Å²) in [6.45, 7) is 0.435. The van der Waals surface area contributed by atoms with Gasteiger partial charge in [-0.2, -0.15) is 5.10 Å². The van der Waals surface area contributed by atoms with Gasteiger partial charge in [-0.15, -0.1) is 0 Å². The number of nitrogens with two attached hydrogens (primary N) is 1. The molecule has 2 heterocycles. The summed E-state index contributed by atoms with van der Waals surface area (Å²) in [7, 11) is 1.52. The van der Waals surface area contributed by atoms with E-state index in [1.54, 1.807) is 12.4 Å². The number of H-pyrrole nitrogens is 1. The molecule has 2 aromatic heterocycles. The second-order valence-electron chi connectivity index (χ2n) is 2.94. The molecule has 6 heteroatoms. The Morgan fingerprint density at radius 1 is 1.40 bits per heavy atom. The fourth-order valence-electron chi connectivity index (χ4n) is 1.17. The molecule has 3 N–H and O–H groups in total. The van der Waals surface area contributed by atoms with Crippen molar-refractivity contribution in [1.29, 1.82) is 0 Å². The molecule has 0 aliphatic heterocycles. The van der Waals surface area contributed by atoms with Crippen molar-refractivity contribution < 1.29 is 4.74 Å². The van der Waals surface area contributed by atoms with E-state index in [-0.39, 0.29) is 0 Å². The van der Waals surface area contributed by atoms with E-state index in [2.05, 4.69) is 20.2 Å². The van der Waals surface area contributed by atoms with Crippen LogP contribution in [0, 0.1) is 0 Å². The summed E-state index contributed by atoms with van der Waals surface area (Å²) in [5, 5.41) is 6.91. The molecule has 0 aliphatic rings. The molecule has 0 saturated heterocycles. The molecule has 15 heavy (non-hydrogen) atoms. The van der Waals surface area contributed by atoms with Crippen molar-refractivity contribution in [2.24, 2.45) is 5.73 Å². The van der Waals surface area contributed by atoms with E-state index < -0.39 is 0 Å². The van der Waals surface area contributed by atoms with Gasteiger partial charge in [0.15, 0.2) is 0 Å². The number of aromatic amines is 1. The van der Waals surface area contributed by atoms with Crippen LogP contribution >= 0.6 is 0 Å². The third-order valence-corrected chi connectivity index (χ3v) is 1.96. The van der Waals surface area contributed by atoms with Gasteiger partial charge in [0.25, 0.3) is 0 Å². The number of nitrogens with one attached hydrogen (secondary N) is 1. The molecule has 0 unspecified atom stereocenters. The molecule has 0 spiro atoms. The second kappa shape index (κ2) is 4.05. The number of hydrogen-bond acceptors (Lipinski definition) is 5. The van der Waals surface area contributed by atoms with Crippen LogP contribution in [-0.2, 0) is 6.54 Å². The summed E-state index contributed by atoms with van der Waals surface area (Å²) in [5.74, 6) is 0. The smallest absolute Gasteiger partial charge is 0.316 e. The molecule has 0 bridgehead atoms. The van der Waals surface area contributed by atoms with E-state index >= 15 is 0 Å². The molecule has 0 radical (unpaired) electrons. The summed E-state index contributed by atoms with van der Waals surface area (Å²) in [6.07, 6.45) is 3.31. The van der Waals surface area contributed by atoms with Gasteiger partial charge in [-0.1, -0.05) is 0 Å². The van der Waals surface area contributed by atoms with E-state index in [0.29, 0.717) is 12.6 Å². The minimum atomic E-state index is 0.341. The maximum atomic E-state index is 5.46. The van der Waals surface area contributed by atoms with Crippen molar-refractivity contribution in [1.82, 2.24) is 20.2 Å². The summed E-state index contributed by atoms with van der Waals surface area (Å²) >= 11 is 0. The Morgan fingerprint density at radius 2 is 2.13 bits per heavy atom. The van der Waals surface area contributed by atoms with Crippen LogP contribution in [0.3, 0.4) is 0 Å². The summed E-state index contributed by atoms with van der Waals surface area (Å²) < 4.78 is 4.86. The Kier molecular flexibility index (Phi) is 2.59. The minimum Gasteiger partial charge on any atom is -0.467 e. The molecular weight excluding hydrogens is 194 g/mol. The Morgan fingerprint density at radius 3 is 2.67 bits per heavy atom. The normalized spacial score (nSPS) is 10.3. The summed E-state index contributed by atoms with van der Waals surface area (Å²) in [5.41, 5.74) is 7.94. The lowest BCUT2D eigenvalue weighted by Crippen LogP contribution is -1.95. The zero-order chi connectivity index (χ0) is 10.7. The monoisotopic (exact) mass is 205 g/mol. The van der Waals surface area contributed by atoms with Crippen LogP contribution in [-0.4, -0.2) is 27.3 Å². The quantitative estimate of drug-likeness (QED) is 0.753. The zero-order valence-electron chi connectivity index (χ0n) is 8.27. The molecule has 78 valence electrons. The van der Waals surface area contributed by atoms with Crippen molar-refractivity contribution in [3.05, 3.63) is 24.2 Å². The highest BCUT2D eigenvalue weighted by Gasteiger charge is 2.04. The van der Waals surface area contributed by atoms with Crippen LogP contribution in [0.5, 0.6) is 6.01 Å². The van der Waals surface area contributed by atoms with Crippen LogP contribution in [0.1, 0.15) is 5.69 Å². The zero-order valence-corrected chi connectivity index (χ0v) is 8.27. The van der Waals surface area contributed by atoms with Crippen LogP contribution < -0.4 is 10.5 Å². The number of aromatic nitrogens is 4. The minimum absolute atomic E-state index is 0.341. The van der Waals surface area contributed by atoms with Crippen molar-refractivity contribution >= 4 is 0 Å². The van der Waals surface area contributed by atoms with Crippen molar-refractivity contribution in [2.75, 3.05) is 7.11 Å². The predicted molar refractivity (Wildman–Crippen MR) is 54.1 cm³/mol. The van der Waals surface area contributed by atoms with E-state index in [1.807, 2.05) is 6.07 Å². The first-order valence-electron chi connectivity index (χ1n) is 4.44. The number of rotatable bonds is 3. The predicted octanol–water partition coefficient (Wildman–Crippen LogP) is 0.334. The number of hydrogen-bond donors (Lipinski definition) is 2. The van der Waals surface area contributed by atoms with Gasteiger partial charge in [0.05, 0.1) is 12.8 Å². The maximum Gasteiger partial charge on any atom is 0.316 e. The van der Waals surface area contributed by atoms with Crippen LogP contribution in [0.25, 0.3) is 11.3 Å². The Balaban J connectivity index is 2.28. The third-order valence-electron chi connectivity index (χ3n) is 1.96. The summed E-state index contributed by atoms with van der Waals surface area (Å²) in [6, 6.07) is 2.21. The van der Waals surface area contributed by atoms with Gasteiger partial charge in [-0.05, 0) is 6.07 Å². The lowest BCUT2D eigenvalue weighted by atomic mass is 10.2. The van der Waals surface area contributed by atoms with Gasteiger partial charge in [0.2, 0.25) is 0 Å². The van der Waals surface area contributed by atoms with E-state index in [4.69, 9.17) is 10.5 Å². The molecule has 0 aromatic carbocycles. The van der Waals surface area contributed by atoms with Crippen molar-refractivity contribution in [3.8, 4) is 17.3 Å². The Bertz CT molecular complexity index is 436. The lowest BCUT2D eigenvalue weighted by molar-refractivity contribution is 0.380. The highest BCUT2D eigenvalue weighted by atomic mass is 16.5. The molecule has 6 nitrogen and oxygen atoms in total. The highest BCUT2D eigenvalue weighted by molar-refractivity contribution is 5.56. The average Bonchev–Trinajstić information content (AvgIpc) is 2.78.